The summed E-state index contributed by atoms with van der Waals surface area (Å²) in [4.78, 5) is 14.7. The van der Waals surface area contributed by atoms with Crippen molar-refractivity contribution in [1.82, 2.24) is 24.1 Å². The fourth-order valence-electron chi connectivity index (χ4n) is 7.14. The molecular formula is C41H25N5. The molecule has 5 nitrogen and oxygen atoms in total. The molecule has 0 N–H and O–H groups in total. The van der Waals surface area contributed by atoms with Crippen LogP contribution in [0.1, 0.15) is 0 Å². The molecule has 0 saturated carbocycles. The third kappa shape index (κ3) is 3.60. The van der Waals surface area contributed by atoms with Crippen LogP contribution in [-0.4, -0.2) is 24.1 Å². The average Bonchev–Trinajstić information content (AvgIpc) is 3.63. The second-order valence-corrected chi connectivity index (χ2v) is 11.8. The maximum atomic E-state index is 5.39. The van der Waals surface area contributed by atoms with Crippen molar-refractivity contribution < 1.29 is 0 Å². The summed E-state index contributed by atoms with van der Waals surface area (Å²) < 4.78 is 4.50. The molecule has 0 saturated heterocycles. The summed E-state index contributed by atoms with van der Waals surface area (Å²) in [6, 6.07) is 47.4. The minimum absolute atomic E-state index is 0.800. The highest BCUT2D eigenvalue weighted by Crippen LogP contribution is 2.39. The van der Waals surface area contributed by atoms with Crippen LogP contribution in [0.3, 0.4) is 0 Å². The van der Waals surface area contributed by atoms with E-state index in [1.807, 2.05) is 30.7 Å². The van der Waals surface area contributed by atoms with Gasteiger partial charge in [-0.15, -0.1) is 0 Å². The summed E-state index contributed by atoms with van der Waals surface area (Å²) in [5.41, 5.74) is 8.35. The van der Waals surface area contributed by atoms with Gasteiger partial charge in [0, 0.05) is 34.2 Å². The van der Waals surface area contributed by atoms with Crippen LogP contribution in [0.4, 0.5) is 0 Å². The first-order chi connectivity index (χ1) is 22.8. The number of fused-ring (bicyclic) bond motifs is 9. The number of hydrogen-bond donors (Lipinski definition) is 0. The predicted molar refractivity (Wildman–Crippen MR) is 189 cm³/mol. The molecule has 0 aliphatic carbocycles. The molecule has 4 heterocycles. The molecule has 4 aromatic heterocycles. The van der Waals surface area contributed by atoms with E-state index >= 15 is 0 Å². The van der Waals surface area contributed by atoms with Gasteiger partial charge >= 0.3 is 0 Å². The van der Waals surface area contributed by atoms with Crippen molar-refractivity contribution in [2.45, 2.75) is 0 Å². The molecule has 0 aliphatic rings. The number of aromatic nitrogens is 5. The van der Waals surface area contributed by atoms with Crippen LogP contribution in [0.15, 0.2) is 152 Å². The predicted octanol–water partition coefficient (Wildman–Crippen LogP) is 10.0. The standard InChI is InChI=1S/C41H25N5/c1-2-9-30-24-37-34(23-29(30)8-1)39-32-10-4-3-7-28(32)15-18-36(39)46(37)38-25-43-41-40(44-38)33-11-5-6-12-35(33)45(41)31-16-13-26(14-17-31)27-19-21-42-22-20-27/h1-25H. The van der Waals surface area contributed by atoms with Crippen LogP contribution in [0, 0.1) is 0 Å². The Morgan fingerprint density at radius 2 is 1.17 bits per heavy atom. The number of rotatable bonds is 3. The van der Waals surface area contributed by atoms with E-state index in [0.717, 1.165) is 55.7 Å². The molecule has 0 aliphatic heterocycles. The van der Waals surface area contributed by atoms with Gasteiger partial charge in [-0.1, -0.05) is 84.9 Å². The summed E-state index contributed by atoms with van der Waals surface area (Å²) in [5.74, 6) is 0.800. The molecule has 6 aromatic carbocycles. The van der Waals surface area contributed by atoms with E-state index in [1.54, 1.807) is 0 Å². The van der Waals surface area contributed by atoms with E-state index in [-0.39, 0.29) is 0 Å². The quantitative estimate of drug-likeness (QED) is 0.207. The zero-order valence-corrected chi connectivity index (χ0v) is 24.7. The number of benzene rings is 6. The van der Waals surface area contributed by atoms with E-state index < -0.39 is 0 Å². The third-order valence-electron chi connectivity index (χ3n) is 9.24. The Hall–Kier alpha value is -6.33. The van der Waals surface area contributed by atoms with Crippen molar-refractivity contribution in [3.8, 4) is 22.6 Å². The first-order valence-electron chi connectivity index (χ1n) is 15.4. The lowest BCUT2D eigenvalue weighted by molar-refractivity contribution is 1.06. The van der Waals surface area contributed by atoms with Crippen LogP contribution >= 0.6 is 0 Å². The molecule has 46 heavy (non-hydrogen) atoms. The van der Waals surface area contributed by atoms with E-state index in [9.17, 15) is 0 Å². The minimum atomic E-state index is 0.800. The van der Waals surface area contributed by atoms with Crippen LogP contribution in [0.2, 0.25) is 0 Å². The fourth-order valence-corrected chi connectivity index (χ4v) is 7.14. The highest BCUT2D eigenvalue weighted by atomic mass is 15.1. The van der Waals surface area contributed by atoms with Gasteiger partial charge in [-0.3, -0.25) is 14.1 Å². The fraction of sp³-hybridized carbons (Fsp3) is 0. The van der Waals surface area contributed by atoms with Gasteiger partial charge in [0.1, 0.15) is 5.52 Å². The van der Waals surface area contributed by atoms with E-state index in [4.69, 9.17) is 9.97 Å². The van der Waals surface area contributed by atoms with Crippen molar-refractivity contribution in [2.75, 3.05) is 0 Å². The molecule has 0 bridgehead atoms. The Balaban J connectivity index is 1.24. The van der Waals surface area contributed by atoms with Crippen LogP contribution in [0.5, 0.6) is 0 Å². The summed E-state index contributed by atoms with van der Waals surface area (Å²) in [5, 5.41) is 8.40. The topological polar surface area (TPSA) is 48.5 Å². The molecule has 214 valence electrons. The third-order valence-corrected chi connectivity index (χ3v) is 9.24. The molecule has 10 rings (SSSR count). The van der Waals surface area contributed by atoms with Crippen molar-refractivity contribution in [2.24, 2.45) is 0 Å². The summed E-state index contributed by atoms with van der Waals surface area (Å²) in [7, 11) is 0. The van der Waals surface area contributed by atoms with Crippen molar-refractivity contribution in [3.05, 3.63) is 152 Å². The molecule has 0 unspecified atom stereocenters. The Labute approximate surface area is 263 Å². The minimum Gasteiger partial charge on any atom is -0.293 e. The molecule has 0 radical (unpaired) electrons. The van der Waals surface area contributed by atoms with Crippen molar-refractivity contribution in [1.29, 1.82) is 0 Å². The van der Waals surface area contributed by atoms with Crippen molar-refractivity contribution in [3.63, 3.8) is 0 Å². The van der Waals surface area contributed by atoms with Gasteiger partial charge in [0.25, 0.3) is 0 Å². The Morgan fingerprint density at radius 1 is 0.478 bits per heavy atom. The monoisotopic (exact) mass is 587 g/mol. The lowest BCUT2D eigenvalue weighted by Gasteiger charge is -2.10. The van der Waals surface area contributed by atoms with Gasteiger partial charge in [-0.25, -0.2) is 9.97 Å². The van der Waals surface area contributed by atoms with Gasteiger partial charge in [-0.2, -0.15) is 0 Å². The van der Waals surface area contributed by atoms with Gasteiger partial charge in [0.05, 0.1) is 22.7 Å². The van der Waals surface area contributed by atoms with Gasteiger partial charge in [-0.05, 0) is 81.2 Å². The van der Waals surface area contributed by atoms with Gasteiger partial charge in [0.2, 0.25) is 0 Å². The first kappa shape index (κ1) is 25.0. The second-order valence-electron chi connectivity index (χ2n) is 11.8. The number of pyridine rings is 1. The maximum absolute atomic E-state index is 5.39. The molecule has 0 atom stereocenters. The summed E-state index contributed by atoms with van der Waals surface area (Å²) >= 11 is 0. The zero-order valence-electron chi connectivity index (χ0n) is 24.7. The maximum Gasteiger partial charge on any atom is 0.164 e. The number of para-hydroxylation sites is 1. The van der Waals surface area contributed by atoms with Crippen LogP contribution < -0.4 is 0 Å². The summed E-state index contributed by atoms with van der Waals surface area (Å²) in [6.07, 6.45) is 5.57. The number of nitrogens with zero attached hydrogens (tertiary/aromatic N) is 5. The normalized spacial score (nSPS) is 11.9. The molecule has 10 aromatic rings. The van der Waals surface area contributed by atoms with E-state index in [0.29, 0.717) is 0 Å². The first-order valence-corrected chi connectivity index (χ1v) is 15.4. The Kier molecular flexibility index (Phi) is 5.22. The SMILES string of the molecule is c1ccc2cc3c(cc2c1)c1c2ccccc2ccc1n3-c1cnc2c(n1)c1ccccc1n2-c1ccc(-c2ccncc2)cc1. The highest BCUT2D eigenvalue weighted by molar-refractivity contribution is 6.23. The Bertz CT molecular complexity index is 2790. The van der Waals surface area contributed by atoms with E-state index in [2.05, 4.69) is 135 Å². The van der Waals surface area contributed by atoms with Gasteiger partial charge in [0.15, 0.2) is 11.5 Å². The largest absolute Gasteiger partial charge is 0.293 e. The number of hydrogen-bond acceptors (Lipinski definition) is 3. The Morgan fingerprint density at radius 3 is 2.00 bits per heavy atom. The van der Waals surface area contributed by atoms with E-state index in [1.165, 1.54) is 32.3 Å². The lowest BCUT2D eigenvalue weighted by atomic mass is 10.0. The smallest absolute Gasteiger partial charge is 0.164 e. The highest BCUT2D eigenvalue weighted by Gasteiger charge is 2.20. The van der Waals surface area contributed by atoms with Crippen LogP contribution in [-0.2, 0) is 0 Å². The second kappa shape index (κ2) is 9.58. The molecule has 0 spiro atoms. The van der Waals surface area contributed by atoms with Gasteiger partial charge < -0.3 is 0 Å². The molecule has 0 fully saturated rings. The average molecular weight is 588 g/mol. The lowest BCUT2D eigenvalue weighted by Crippen LogP contribution is -2.01. The molecule has 5 heteroatoms. The molecular weight excluding hydrogens is 562 g/mol. The van der Waals surface area contributed by atoms with Crippen molar-refractivity contribution >= 4 is 65.4 Å². The zero-order chi connectivity index (χ0) is 30.2. The van der Waals surface area contributed by atoms with Crippen LogP contribution in [0.25, 0.3) is 88.0 Å². The molecule has 0 amide bonds. The summed E-state index contributed by atoms with van der Waals surface area (Å²) in [6.45, 7) is 0.